The summed E-state index contributed by atoms with van der Waals surface area (Å²) in [7, 11) is 0. The zero-order chi connectivity index (χ0) is 22.1. The number of ether oxygens (including phenoxy) is 2. The van der Waals surface area contributed by atoms with Crippen LogP contribution < -0.4 is 4.74 Å². The van der Waals surface area contributed by atoms with Crippen molar-refractivity contribution in [1.82, 2.24) is 18.9 Å². The molecule has 0 radical (unpaired) electrons. The van der Waals surface area contributed by atoms with Gasteiger partial charge in [-0.05, 0) is 25.5 Å². The number of benzene rings is 1. The maximum absolute atomic E-state index is 12.4. The molecule has 1 aromatic carbocycles. The Balaban J connectivity index is 1.98. The maximum atomic E-state index is 12.4. The fourth-order valence-corrected chi connectivity index (χ4v) is 3.78. The minimum Gasteiger partial charge on any atom is -0.424 e. The summed E-state index contributed by atoms with van der Waals surface area (Å²) in [6.07, 6.45) is 2.73. The van der Waals surface area contributed by atoms with Crippen LogP contribution in [0.1, 0.15) is 52.8 Å². The number of aryl methyl sites for hydroxylation is 1. The molecule has 0 unspecified atom stereocenters. The lowest BCUT2D eigenvalue weighted by atomic mass is 10.2. The molecule has 4 rings (SSSR count). The van der Waals surface area contributed by atoms with Gasteiger partial charge in [0.1, 0.15) is 16.9 Å². The molecule has 164 valence electrons. The van der Waals surface area contributed by atoms with Gasteiger partial charge < -0.3 is 14.0 Å². The molecule has 0 saturated carbocycles. The van der Waals surface area contributed by atoms with Gasteiger partial charge in [-0.3, -0.25) is 9.20 Å². The molecule has 0 atom stereocenters. The minimum atomic E-state index is -0.268. The molecule has 0 saturated heterocycles. The molecule has 0 amide bonds. The van der Waals surface area contributed by atoms with Crippen molar-refractivity contribution in [2.75, 3.05) is 13.2 Å². The number of hydrogen-bond acceptors (Lipinski definition) is 5. The third kappa shape index (κ3) is 3.90. The van der Waals surface area contributed by atoms with Crippen molar-refractivity contribution < 1.29 is 14.3 Å². The van der Waals surface area contributed by atoms with E-state index < -0.39 is 0 Å². The third-order valence-electron chi connectivity index (χ3n) is 5.34. The Labute approximate surface area is 182 Å². The van der Waals surface area contributed by atoms with Crippen LogP contribution in [0.3, 0.4) is 0 Å². The molecular weight excluding hydrogens is 392 g/mol. The second-order valence-corrected chi connectivity index (χ2v) is 8.40. The fourth-order valence-electron chi connectivity index (χ4n) is 3.78. The Morgan fingerprint density at radius 3 is 2.58 bits per heavy atom. The van der Waals surface area contributed by atoms with Gasteiger partial charge >= 0.3 is 5.97 Å². The van der Waals surface area contributed by atoms with Crippen LogP contribution in [0.25, 0.3) is 27.7 Å². The predicted octanol–water partition coefficient (Wildman–Crippen LogP) is 4.95. The first-order valence-corrected chi connectivity index (χ1v) is 11.0. The molecule has 4 aromatic rings. The number of carbonyl (C=O) groups excluding carboxylic acids is 1. The van der Waals surface area contributed by atoms with Gasteiger partial charge in [-0.25, -0.2) is 9.97 Å². The topological polar surface area (TPSA) is 70.7 Å². The Kier molecular flexibility index (Phi) is 5.96. The number of imidazole rings is 1. The van der Waals surface area contributed by atoms with Crippen molar-refractivity contribution in [3.05, 3.63) is 36.3 Å². The number of fused-ring (bicyclic) bond motifs is 5. The van der Waals surface area contributed by atoms with E-state index in [1.54, 1.807) is 0 Å². The highest BCUT2D eigenvalue weighted by Gasteiger charge is 2.24. The second kappa shape index (κ2) is 8.67. The number of carbonyl (C=O) groups is 1. The average Bonchev–Trinajstić information content (AvgIpc) is 3.28. The molecule has 0 fully saturated rings. The van der Waals surface area contributed by atoms with Crippen LogP contribution in [0, 0.1) is 5.92 Å². The monoisotopic (exact) mass is 422 g/mol. The van der Waals surface area contributed by atoms with Crippen LogP contribution in [0.5, 0.6) is 5.75 Å². The van der Waals surface area contributed by atoms with Crippen molar-refractivity contribution in [3.8, 4) is 5.75 Å². The number of hydrogen-bond donors (Lipinski definition) is 0. The number of rotatable bonds is 8. The minimum absolute atomic E-state index is 0.193. The summed E-state index contributed by atoms with van der Waals surface area (Å²) in [6.45, 7) is 12.0. The molecule has 0 N–H and O–H groups in total. The second-order valence-electron chi connectivity index (χ2n) is 8.40. The van der Waals surface area contributed by atoms with Crippen LogP contribution in [0.15, 0.2) is 30.5 Å². The molecule has 7 nitrogen and oxygen atoms in total. The molecule has 0 aliphatic heterocycles. The van der Waals surface area contributed by atoms with Gasteiger partial charge in [0.25, 0.3) is 0 Å². The first-order valence-electron chi connectivity index (χ1n) is 11.0. The van der Waals surface area contributed by atoms with Gasteiger partial charge in [0.05, 0.1) is 17.0 Å². The lowest BCUT2D eigenvalue weighted by Gasteiger charge is -2.12. The van der Waals surface area contributed by atoms with E-state index in [-0.39, 0.29) is 17.8 Å². The van der Waals surface area contributed by atoms with E-state index in [4.69, 9.17) is 19.4 Å². The summed E-state index contributed by atoms with van der Waals surface area (Å²) in [5.41, 5.74) is 3.45. The van der Waals surface area contributed by atoms with Gasteiger partial charge in [0, 0.05) is 31.9 Å². The van der Waals surface area contributed by atoms with E-state index in [9.17, 15) is 4.79 Å². The third-order valence-corrected chi connectivity index (χ3v) is 5.34. The first-order chi connectivity index (χ1) is 14.9. The molecule has 31 heavy (non-hydrogen) atoms. The van der Waals surface area contributed by atoms with Crippen LogP contribution in [-0.4, -0.2) is 38.1 Å². The fraction of sp³-hybridized carbons (Fsp3) is 0.458. The van der Waals surface area contributed by atoms with Crippen molar-refractivity contribution in [1.29, 1.82) is 0 Å². The number of esters is 1. The standard InChI is InChI=1S/C24H30N4O3/c1-6-30-13-9-12-27-14-19(31-24(29)16(4)5)20-22(27)26-21(15(2)3)28-18-11-8-7-10-17(18)25-23(20)28/h7-8,10-11,14-16H,6,9,12-13H2,1-5H3. The molecule has 0 bridgehead atoms. The highest BCUT2D eigenvalue weighted by molar-refractivity contribution is 6.01. The first kappa shape index (κ1) is 21.3. The summed E-state index contributed by atoms with van der Waals surface area (Å²) < 4.78 is 15.5. The van der Waals surface area contributed by atoms with Crippen molar-refractivity contribution in [2.45, 2.75) is 53.5 Å². The van der Waals surface area contributed by atoms with Crippen LogP contribution in [0.4, 0.5) is 0 Å². The maximum Gasteiger partial charge on any atom is 0.313 e. The van der Waals surface area contributed by atoms with Gasteiger partial charge in [-0.1, -0.05) is 39.8 Å². The summed E-state index contributed by atoms with van der Waals surface area (Å²) >= 11 is 0. The normalized spacial score (nSPS) is 12.1. The Morgan fingerprint density at radius 1 is 1.10 bits per heavy atom. The van der Waals surface area contributed by atoms with Crippen LogP contribution in [0.2, 0.25) is 0 Å². The molecule has 3 aromatic heterocycles. The lowest BCUT2D eigenvalue weighted by molar-refractivity contribution is -0.137. The number of aromatic nitrogens is 4. The molecular formula is C24H30N4O3. The van der Waals surface area contributed by atoms with Gasteiger partial charge in [0.15, 0.2) is 11.4 Å². The van der Waals surface area contributed by atoms with E-state index in [2.05, 4.69) is 22.8 Å². The van der Waals surface area contributed by atoms with E-state index >= 15 is 0 Å². The quantitative estimate of drug-likeness (QED) is 0.297. The molecule has 0 aliphatic carbocycles. The molecule has 7 heteroatoms. The van der Waals surface area contributed by atoms with E-state index in [0.717, 1.165) is 46.5 Å². The Morgan fingerprint density at radius 2 is 1.87 bits per heavy atom. The Bertz CT molecular complexity index is 1240. The van der Waals surface area contributed by atoms with Crippen LogP contribution >= 0.6 is 0 Å². The Hall–Kier alpha value is -2.93. The van der Waals surface area contributed by atoms with Gasteiger partial charge in [-0.15, -0.1) is 0 Å². The summed E-state index contributed by atoms with van der Waals surface area (Å²) in [5.74, 6) is 1.14. The van der Waals surface area contributed by atoms with E-state index in [0.29, 0.717) is 19.0 Å². The number of nitrogens with zero attached hydrogens (tertiary/aromatic N) is 4. The van der Waals surface area contributed by atoms with E-state index in [1.807, 2.05) is 51.2 Å². The van der Waals surface area contributed by atoms with Gasteiger partial charge in [-0.2, -0.15) is 0 Å². The van der Waals surface area contributed by atoms with Crippen molar-refractivity contribution in [3.63, 3.8) is 0 Å². The average molecular weight is 423 g/mol. The largest absolute Gasteiger partial charge is 0.424 e. The van der Waals surface area contributed by atoms with Crippen molar-refractivity contribution >= 4 is 33.7 Å². The highest BCUT2D eigenvalue weighted by atomic mass is 16.5. The van der Waals surface area contributed by atoms with E-state index in [1.165, 1.54) is 0 Å². The lowest BCUT2D eigenvalue weighted by Crippen LogP contribution is -2.14. The zero-order valence-electron chi connectivity index (χ0n) is 18.9. The molecule has 3 heterocycles. The predicted molar refractivity (Wildman–Crippen MR) is 122 cm³/mol. The molecule has 0 spiro atoms. The van der Waals surface area contributed by atoms with Crippen molar-refractivity contribution in [2.24, 2.45) is 5.92 Å². The SMILES string of the molecule is CCOCCCn1cc(OC(=O)C(C)C)c2c1nc(C(C)C)n1c3ccccc3nc21. The molecule has 0 aliphatic rings. The highest BCUT2D eigenvalue weighted by Crippen LogP contribution is 2.35. The summed E-state index contributed by atoms with van der Waals surface area (Å²) in [5, 5.41) is 0.769. The van der Waals surface area contributed by atoms with Crippen LogP contribution in [-0.2, 0) is 16.1 Å². The summed E-state index contributed by atoms with van der Waals surface area (Å²) in [6, 6.07) is 8.03. The zero-order valence-corrected chi connectivity index (χ0v) is 18.9. The van der Waals surface area contributed by atoms with Gasteiger partial charge in [0.2, 0.25) is 0 Å². The smallest absolute Gasteiger partial charge is 0.313 e. The summed E-state index contributed by atoms with van der Waals surface area (Å²) in [4.78, 5) is 22.4. The number of para-hydroxylation sites is 2.